The minimum Gasteiger partial charge on any atom is -0.506 e. The third-order valence-electron chi connectivity index (χ3n) is 5.03. The summed E-state index contributed by atoms with van der Waals surface area (Å²) in [5, 5.41) is 17.6. The Bertz CT molecular complexity index is 1320. The van der Waals surface area contributed by atoms with Gasteiger partial charge in [-0.05, 0) is 45.8 Å². The van der Waals surface area contributed by atoms with Crippen LogP contribution >= 0.6 is 43.2 Å². The molecule has 2 amide bonds. The highest BCUT2D eigenvalue weighted by molar-refractivity contribution is 9.11. The maximum atomic E-state index is 12.7. The maximum Gasteiger partial charge on any atom is 0.320 e. The zero-order valence-electron chi connectivity index (χ0n) is 15.9. The standard InChI is InChI=1S/C23H15Br2N3O2S/c24-13-10-14(21(29)15(25)11-13)20-18(22-26-16-8-4-5-9-17(16)31-22)19(27-23(30)28-20)12-6-2-1-3-7-12/h1-11,20,29H,(H2,27,28,30). The molecule has 0 saturated carbocycles. The Labute approximate surface area is 199 Å². The molecule has 1 aromatic heterocycles. The van der Waals surface area contributed by atoms with Gasteiger partial charge in [-0.15, -0.1) is 11.3 Å². The van der Waals surface area contributed by atoms with Crippen LogP contribution in [0.3, 0.4) is 0 Å². The number of thiazole rings is 1. The molecule has 0 bridgehead atoms. The summed E-state index contributed by atoms with van der Waals surface area (Å²) in [5.74, 6) is 0.0708. The minimum absolute atomic E-state index is 0.0708. The molecule has 31 heavy (non-hydrogen) atoms. The molecule has 5 rings (SSSR count). The molecule has 0 saturated heterocycles. The number of para-hydroxylation sites is 1. The van der Waals surface area contributed by atoms with Crippen LogP contribution in [0.25, 0.3) is 21.5 Å². The van der Waals surface area contributed by atoms with Gasteiger partial charge in [0.2, 0.25) is 0 Å². The highest BCUT2D eigenvalue weighted by Gasteiger charge is 2.34. The topological polar surface area (TPSA) is 74.2 Å². The lowest BCUT2D eigenvalue weighted by Gasteiger charge is -2.30. The Kier molecular flexibility index (Phi) is 5.29. The first-order chi connectivity index (χ1) is 15.0. The lowest BCUT2D eigenvalue weighted by Crippen LogP contribution is -2.43. The van der Waals surface area contributed by atoms with Crippen LogP contribution < -0.4 is 10.6 Å². The van der Waals surface area contributed by atoms with Gasteiger partial charge in [0.05, 0.1) is 26.4 Å². The number of phenolic OH excluding ortho intramolecular Hbond substituents is 1. The number of rotatable bonds is 3. The van der Waals surface area contributed by atoms with Gasteiger partial charge in [-0.1, -0.05) is 58.4 Å². The number of carbonyl (C=O) groups is 1. The van der Waals surface area contributed by atoms with E-state index in [1.54, 1.807) is 17.4 Å². The summed E-state index contributed by atoms with van der Waals surface area (Å²) in [6, 6.07) is 20.2. The maximum absolute atomic E-state index is 12.7. The van der Waals surface area contributed by atoms with Crippen molar-refractivity contribution in [1.29, 1.82) is 0 Å². The normalized spacial score (nSPS) is 16.3. The number of urea groups is 1. The highest BCUT2D eigenvalue weighted by atomic mass is 79.9. The van der Waals surface area contributed by atoms with Crippen molar-refractivity contribution in [3.8, 4) is 5.75 Å². The lowest BCUT2D eigenvalue weighted by atomic mass is 9.92. The molecule has 1 aliphatic rings. The number of halogens is 2. The van der Waals surface area contributed by atoms with E-state index in [1.807, 2.05) is 60.7 Å². The van der Waals surface area contributed by atoms with Crippen molar-refractivity contribution < 1.29 is 9.90 Å². The van der Waals surface area contributed by atoms with Crippen LogP contribution in [0.15, 0.2) is 75.7 Å². The second kappa shape index (κ2) is 8.11. The minimum atomic E-state index is -0.599. The van der Waals surface area contributed by atoms with E-state index in [0.29, 0.717) is 15.7 Å². The predicted octanol–water partition coefficient (Wildman–Crippen LogP) is 6.45. The van der Waals surface area contributed by atoms with E-state index in [9.17, 15) is 9.90 Å². The summed E-state index contributed by atoms with van der Waals surface area (Å²) in [6.45, 7) is 0. The summed E-state index contributed by atoms with van der Waals surface area (Å²) in [7, 11) is 0. The number of hydrogen-bond donors (Lipinski definition) is 3. The van der Waals surface area contributed by atoms with Crippen molar-refractivity contribution in [2.75, 3.05) is 0 Å². The number of hydrogen-bond acceptors (Lipinski definition) is 4. The van der Waals surface area contributed by atoms with Crippen LogP contribution in [0.4, 0.5) is 4.79 Å². The number of amides is 2. The Morgan fingerprint density at radius 1 is 1.00 bits per heavy atom. The SMILES string of the molecule is O=C1NC(c2ccccc2)=C(c2nc3ccccc3s2)C(c2cc(Br)cc(Br)c2O)N1. The summed E-state index contributed by atoms with van der Waals surface area (Å²) >= 11 is 8.45. The fraction of sp³-hybridized carbons (Fsp3) is 0.0435. The van der Waals surface area contributed by atoms with Crippen molar-refractivity contribution in [2.45, 2.75) is 6.04 Å². The first-order valence-corrected chi connectivity index (χ1v) is 11.8. The van der Waals surface area contributed by atoms with E-state index in [2.05, 4.69) is 42.5 Å². The van der Waals surface area contributed by atoms with Gasteiger partial charge in [0.1, 0.15) is 10.8 Å². The van der Waals surface area contributed by atoms with E-state index in [4.69, 9.17) is 4.98 Å². The molecule has 154 valence electrons. The van der Waals surface area contributed by atoms with E-state index in [1.165, 1.54) is 0 Å². The van der Waals surface area contributed by atoms with Gasteiger partial charge < -0.3 is 15.7 Å². The van der Waals surface area contributed by atoms with E-state index in [0.717, 1.165) is 30.8 Å². The molecule has 1 atom stereocenters. The largest absolute Gasteiger partial charge is 0.506 e. The Morgan fingerprint density at radius 2 is 1.74 bits per heavy atom. The molecule has 0 radical (unpaired) electrons. The van der Waals surface area contributed by atoms with Gasteiger partial charge in [0, 0.05) is 15.6 Å². The highest BCUT2D eigenvalue weighted by Crippen LogP contribution is 2.45. The molecule has 8 heteroatoms. The quantitative estimate of drug-likeness (QED) is 0.271. The number of aromatic hydroxyl groups is 1. The van der Waals surface area contributed by atoms with Gasteiger partial charge in [-0.2, -0.15) is 0 Å². The van der Waals surface area contributed by atoms with Crippen LogP contribution in [0.1, 0.15) is 22.2 Å². The van der Waals surface area contributed by atoms with Crippen molar-refractivity contribution in [3.63, 3.8) is 0 Å². The number of nitrogens with zero attached hydrogens (tertiary/aromatic N) is 1. The van der Waals surface area contributed by atoms with Gasteiger partial charge in [0.25, 0.3) is 0 Å². The molecule has 0 spiro atoms. The van der Waals surface area contributed by atoms with E-state index >= 15 is 0 Å². The Balaban J connectivity index is 1.81. The molecule has 1 unspecified atom stereocenters. The van der Waals surface area contributed by atoms with Crippen LogP contribution in [-0.4, -0.2) is 16.1 Å². The van der Waals surface area contributed by atoms with Crippen LogP contribution in [0.2, 0.25) is 0 Å². The van der Waals surface area contributed by atoms with Gasteiger partial charge in [-0.25, -0.2) is 9.78 Å². The number of fused-ring (bicyclic) bond motifs is 1. The first kappa shape index (κ1) is 20.2. The number of phenols is 1. The third kappa shape index (κ3) is 3.75. The number of aromatic nitrogens is 1. The van der Waals surface area contributed by atoms with E-state index < -0.39 is 6.04 Å². The predicted molar refractivity (Wildman–Crippen MR) is 131 cm³/mol. The molecular formula is C23H15Br2N3O2S. The van der Waals surface area contributed by atoms with Gasteiger partial charge >= 0.3 is 6.03 Å². The van der Waals surface area contributed by atoms with Gasteiger partial charge in [-0.3, -0.25) is 0 Å². The molecule has 5 nitrogen and oxygen atoms in total. The average Bonchev–Trinajstić information content (AvgIpc) is 3.20. The second-order valence-electron chi connectivity index (χ2n) is 7.00. The number of carbonyl (C=O) groups excluding carboxylic acids is 1. The molecule has 0 fully saturated rings. The van der Waals surface area contributed by atoms with Crippen LogP contribution in [0, 0.1) is 0 Å². The lowest BCUT2D eigenvalue weighted by molar-refractivity contribution is 0.242. The molecule has 2 heterocycles. The fourth-order valence-corrected chi connectivity index (χ4v) is 5.96. The summed E-state index contributed by atoms with van der Waals surface area (Å²) in [5.41, 5.74) is 3.79. The van der Waals surface area contributed by atoms with Crippen LogP contribution in [-0.2, 0) is 0 Å². The first-order valence-electron chi connectivity index (χ1n) is 9.42. The molecule has 1 aliphatic heterocycles. The summed E-state index contributed by atoms with van der Waals surface area (Å²) in [6.07, 6.45) is 0. The monoisotopic (exact) mass is 555 g/mol. The van der Waals surface area contributed by atoms with Crippen molar-refractivity contribution in [3.05, 3.63) is 91.8 Å². The fourth-order valence-electron chi connectivity index (χ4n) is 3.65. The number of nitrogens with one attached hydrogen (secondary N) is 2. The second-order valence-corrected chi connectivity index (χ2v) is 9.80. The van der Waals surface area contributed by atoms with Crippen molar-refractivity contribution in [1.82, 2.24) is 15.6 Å². The zero-order valence-corrected chi connectivity index (χ0v) is 19.9. The molecule has 3 aromatic carbocycles. The zero-order chi connectivity index (χ0) is 21.5. The smallest absolute Gasteiger partial charge is 0.320 e. The Morgan fingerprint density at radius 3 is 2.52 bits per heavy atom. The average molecular weight is 557 g/mol. The summed E-state index contributed by atoms with van der Waals surface area (Å²) < 4.78 is 2.37. The van der Waals surface area contributed by atoms with Crippen molar-refractivity contribution >= 4 is 70.7 Å². The number of benzene rings is 3. The van der Waals surface area contributed by atoms with E-state index in [-0.39, 0.29) is 11.8 Å². The Hall–Kier alpha value is -2.68. The third-order valence-corrected chi connectivity index (χ3v) is 7.16. The van der Waals surface area contributed by atoms with Crippen molar-refractivity contribution in [2.24, 2.45) is 0 Å². The van der Waals surface area contributed by atoms with Gasteiger partial charge in [0.15, 0.2) is 0 Å². The molecular weight excluding hydrogens is 542 g/mol. The molecule has 4 aromatic rings. The summed E-state index contributed by atoms with van der Waals surface area (Å²) in [4.78, 5) is 17.5. The van der Waals surface area contributed by atoms with Crippen LogP contribution in [0.5, 0.6) is 5.75 Å². The molecule has 0 aliphatic carbocycles. The molecule has 3 N–H and O–H groups in total.